The monoisotopic (exact) mass is 482 g/mol. The van der Waals surface area contributed by atoms with Gasteiger partial charge in [-0.3, -0.25) is 24.2 Å². The number of anilines is 1. The average molecular weight is 483 g/mol. The highest BCUT2D eigenvalue weighted by Crippen LogP contribution is 2.20. The zero-order valence-corrected chi connectivity index (χ0v) is 20.5. The van der Waals surface area contributed by atoms with Gasteiger partial charge in [-0.2, -0.15) is 5.10 Å². The topological polar surface area (TPSA) is 159 Å². The van der Waals surface area contributed by atoms with Gasteiger partial charge in [0.15, 0.2) is 5.65 Å². The van der Waals surface area contributed by atoms with E-state index < -0.39 is 17.6 Å². The number of allylic oxidation sites excluding steroid dienone is 1. The van der Waals surface area contributed by atoms with Crippen molar-refractivity contribution in [2.45, 2.75) is 53.3 Å². The molecule has 35 heavy (non-hydrogen) atoms. The number of nitrogens with two attached hydrogens (primary N) is 1. The number of aromatic nitrogens is 5. The SMILES string of the molecule is CCn1nc(C)cc1C(=O)Nc1nc2cc(C(N)=O)cnc2n1C/C=C/CNC(=O)OC(C)(C)C. The Hall–Kier alpha value is -4.22. The minimum Gasteiger partial charge on any atom is -0.444 e. The highest BCUT2D eigenvalue weighted by molar-refractivity contribution is 6.03. The normalized spacial score (nSPS) is 11.7. The van der Waals surface area contributed by atoms with Gasteiger partial charge in [-0.25, -0.2) is 14.8 Å². The fraction of sp³-hybridized carbons (Fsp3) is 0.391. The van der Waals surface area contributed by atoms with Gasteiger partial charge in [0.2, 0.25) is 11.9 Å². The Labute approximate surface area is 202 Å². The summed E-state index contributed by atoms with van der Waals surface area (Å²) in [6, 6.07) is 3.21. The maximum Gasteiger partial charge on any atom is 0.407 e. The maximum absolute atomic E-state index is 13.0. The van der Waals surface area contributed by atoms with E-state index in [-0.39, 0.29) is 30.5 Å². The number of imidazole rings is 1. The Bertz CT molecular complexity index is 1280. The van der Waals surface area contributed by atoms with E-state index in [9.17, 15) is 14.4 Å². The summed E-state index contributed by atoms with van der Waals surface area (Å²) < 4.78 is 8.48. The van der Waals surface area contributed by atoms with Crippen molar-refractivity contribution in [3.8, 4) is 0 Å². The highest BCUT2D eigenvalue weighted by atomic mass is 16.6. The van der Waals surface area contributed by atoms with Crippen molar-refractivity contribution in [1.29, 1.82) is 0 Å². The lowest BCUT2D eigenvalue weighted by Gasteiger charge is -2.19. The number of aryl methyl sites for hydroxylation is 2. The Kier molecular flexibility index (Phi) is 7.52. The molecular weight excluding hydrogens is 452 g/mol. The number of nitrogens with one attached hydrogen (secondary N) is 2. The number of carbonyl (C=O) groups is 3. The Morgan fingerprint density at radius 3 is 2.60 bits per heavy atom. The molecule has 4 N–H and O–H groups in total. The standard InChI is InChI=1S/C23H30N8O4/c1-6-31-17(11-14(2)29-31)20(33)28-21-27-16-12-15(18(24)32)13-26-19(16)30(21)10-8-7-9-25-22(34)35-23(3,4)5/h7-8,11-13H,6,9-10H2,1-5H3,(H2,24,32)(H,25,34)(H,27,28,33)/b8-7+. The van der Waals surface area contributed by atoms with Gasteiger partial charge >= 0.3 is 6.09 Å². The number of ether oxygens (including phenoxy) is 1. The summed E-state index contributed by atoms with van der Waals surface area (Å²) in [6.45, 7) is 10.1. The van der Waals surface area contributed by atoms with Crippen LogP contribution in [0.15, 0.2) is 30.5 Å². The molecule has 0 aromatic carbocycles. The number of carbonyl (C=O) groups excluding carboxylic acids is 3. The molecular formula is C23H30N8O4. The number of amides is 3. The van der Waals surface area contributed by atoms with E-state index in [0.717, 1.165) is 5.69 Å². The Morgan fingerprint density at radius 1 is 1.20 bits per heavy atom. The maximum atomic E-state index is 13.0. The quantitative estimate of drug-likeness (QED) is 0.416. The van der Waals surface area contributed by atoms with Crippen molar-refractivity contribution in [2.75, 3.05) is 11.9 Å². The largest absolute Gasteiger partial charge is 0.444 e. The van der Waals surface area contributed by atoms with Crippen LogP contribution in [0.3, 0.4) is 0 Å². The van der Waals surface area contributed by atoms with Gasteiger partial charge < -0.3 is 15.8 Å². The lowest BCUT2D eigenvalue weighted by Crippen LogP contribution is -2.32. The second-order valence-electron chi connectivity index (χ2n) is 8.77. The molecule has 3 aromatic heterocycles. The van der Waals surface area contributed by atoms with Crippen molar-refractivity contribution >= 4 is 35.0 Å². The van der Waals surface area contributed by atoms with E-state index in [1.807, 2.05) is 13.8 Å². The van der Waals surface area contributed by atoms with Crippen LogP contribution in [0.2, 0.25) is 0 Å². The van der Waals surface area contributed by atoms with Crippen LogP contribution in [0.5, 0.6) is 0 Å². The van der Waals surface area contributed by atoms with Gasteiger partial charge in [0.05, 0.1) is 11.3 Å². The van der Waals surface area contributed by atoms with E-state index in [2.05, 4.69) is 25.7 Å². The zero-order chi connectivity index (χ0) is 25.8. The molecule has 0 bridgehead atoms. The molecule has 12 heteroatoms. The number of hydrogen-bond donors (Lipinski definition) is 3. The molecule has 0 saturated heterocycles. The first-order valence-electron chi connectivity index (χ1n) is 11.1. The van der Waals surface area contributed by atoms with Gasteiger partial charge in [-0.15, -0.1) is 0 Å². The molecule has 0 aliphatic carbocycles. The first-order chi connectivity index (χ1) is 16.5. The van der Waals surface area contributed by atoms with Crippen molar-refractivity contribution in [1.82, 2.24) is 29.6 Å². The van der Waals surface area contributed by atoms with Crippen LogP contribution in [0.25, 0.3) is 11.2 Å². The summed E-state index contributed by atoms with van der Waals surface area (Å²) in [4.78, 5) is 45.1. The van der Waals surface area contributed by atoms with E-state index in [1.165, 1.54) is 12.3 Å². The summed E-state index contributed by atoms with van der Waals surface area (Å²) >= 11 is 0. The van der Waals surface area contributed by atoms with Crippen LogP contribution in [0.4, 0.5) is 10.7 Å². The third-order valence-electron chi connectivity index (χ3n) is 4.75. The minimum absolute atomic E-state index is 0.205. The highest BCUT2D eigenvalue weighted by Gasteiger charge is 2.19. The van der Waals surface area contributed by atoms with Gasteiger partial charge in [-0.1, -0.05) is 12.2 Å². The number of primary amides is 1. The molecule has 0 spiro atoms. The molecule has 3 rings (SSSR count). The Balaban J connectivity index is 1.83. The molecule has 3 amide bonds. The molecule has 0 aliphatic rings. The number of fused-ring (bicyclic) bond motifs is 1. The molecule has 0 atom stereocenters. The number of pyridine rings is 1. The van der Waals surface area contributed by atoms with Crippen LogP contribution in [-0.2, 0) is 17.8 Å². The molecule has 0 saturated carbocycles. The molecule has 0 aliphatic heterocycles. The van der Waals surface area contributed by atoms with Crippen LogP contribution in [0.1, 0.15) is 54.2 Å². The van der Waals surface area contributed by atoms with Crippen molar-refractivity contribution in [2.24, 2.45) is 5.73 Å². The predicted octanol–water partition coefficient (Wildman–Crippen LogP) is 2.39. The fourth-order valence-electron chi connectivity index (χ4n) is 3.27. The zero-order valence-electron chi connectivity index (χ0n) is 20.5. The van der Waals surface area contributed by atoms with E-state index in [1.54, 1.807) is 48.2 Å². The van der Waals surface area contributed by atoms with Crippen molar-refractivity contribution in [3.05, 3.63) is 47.4 Å². The number of alkyl carbamates (subject to hydrolysis) is 1. The molecule has 3 heterocycles. The third kappa shape index (κ3) is 6.43. The van der Waals surface area contributed by atoms with Gasteiger partial charge in [0.25, 0.3) is 5.91 Å². The summed E-state index contributed by atoms with van der Waals surface area (Å²) in [5.74, 6) is -0.768. The minimum atomic E-state index is -0.630. The van der Waals surface area contributed by atoms with Crippen LogP contribution < -0.4 is 16.4 Å². The molecule has 0 unspecified atom stereocenters. The average Bonchev–Trinajstić information content (AvgIpc) is 3.31. The smallest absolute Gasteiger partial charge is 0.407 e. The van der Waals surface area contributed by atoms with Gasteiger partial charge in [-0.05, 0) is 46.8 Å². The van der Waals surface area contributed by atoms with E-state index >= 15 is 0 Å². The summed E-state index contributed by atoms with van der Waals surface area (Å²) in [5, 5.41) is 9.75. The second-order valence-corrected chi connectivity index (χ2v) is 8.77. The van der Waals surface area contributed by atoms with Crippen LogP contribution in [-0.4, -0.2) is 54.4 Å². The first-order valence-corrected chi connectivity index (χ1v) is 11.1. The number of nitrogens with zero attached hydrogens (tertiary/aromatic N) is 5. The number of rotatable bonds is 8. The molecule has 3 aromatic rings. The van der Waals surface area contributed by atoms with Crippen molar-refractivity contribution < 1.29 is 19.1 Å². The summed E-state index contributed by atoms with van der Waals surface area (Å²) in [7, 11) is 0. The van der Waals surface area contributed by atoms with Gasteiger partial charge in [0, 0.05) is 25.8 Å². The lowest BCUT2D eigenvalue weighted by atomic mass is 10.2. The summed E-state index contributed by atoms with van der Waals surface area (Å²) in [5.41, 5.74) is 6.96. The third-order valence-corrected chi connectivity index (χ3v) is 4.75. The Morgan fingerprint density at radius 2 is 1.94 bits per heavy atom. The van der Waals surface area contributed by atoms with E-state index in [0.29, 0.717) is 23.4 Å². The predicted molar refractivity (Wildman–Crippen MR) is 130 cm³/mol. The summed E-state index contributed by atoms with van der Waals surface area (Å²) in [6.07, 6.45) is 4.37. The number of hydrogen-bond acceptors (Lipinski definition) is 7. The van der Waals surface area contributed by atoms with Crippen LogP contribution >= 0.6 is 0 Å². The molecule has 0 fully saturated rings. The van der Waals surface area contributed by atoms with Crippen LogP contribution in [0, 0.1) is 6.92 Å². The first kappa shape index (κ1) is 25.4. The molecule has 0 radical (unpaired) electrons. The lowest BCUT2D eigenvalue weighted by molar-refractivity contribution is 0.0533. The molecule has 186 valence electrons. The molecule has 12 nitrogen and oxygen atoms in total. The van der Waals surface area contributed by atoms with Crippen molar-refractivity contribution in [3.63, 3.8) is 0 Å². The van der Waals surface area contributed by atoms with Gasteiger partial charge in [0.1, 0.15) is 16.8 Å². The van der Waals surface area contributed by atoms with E-state index in [4.69, 9.17) is 10.5 Å². The fourth-order valence-corrected chi connectivity index (χ4v) is 3.27. The second kappa shape index (κ2) is 10.4.